The summed E-state index contributed by atoms with van der Waals surface area (Å²) in [6.45, 7) is 1.71. The van der Waals surface area contributed by atoms with Gasteiger partial charge in [0.25, 0.3) is 0 Å². The summed E-state index contributed by atoms with van der Waals surface area (Å²) in [5.41, 5.74) is -1.06. The topological polar surface area (TPSA) is 38.7 Å². The molecule has 0 aliphatic rings. The van der Waals surface area contributed by atoms with Gasteiger partial charge >= 0.3 is 6.18 Å². The van der Waals surface area contributed by atoms with E-state index in [4.69, 9.17) is 4.74 Å². The SMILES string of the molecule is CCOc1ccc(N=C=O)cc1C(F)(F)F. The van der Waals surface area contributed by atoms with Gasteiger partial charge in [0.1, 0.15) is 5.75 Å². The van der Waals surface area contributed by atoms with Crippen LogP contribution in [0.15, 0.2) is 23.2 Å². The summed E-state index contributed by atoms with van der Waals surface area (Å²) in [4.78, 5) is 13.1. The molecule has 1 aromatic rings. The van der Waals surface area contributed by atoms with Crippen LogP contribution in [0, 0.1) is 0 Å². The van der Waals surface area contributed by atoms with Gasteiger partial charge in [-0.15, -0.1) is 0 Å². The molecule has 0 radical (unpaired) electrons. The van der Waals surface area contributed by atoms with Crippen molar-refractivity contribution in [3.8, 4) is 5.75 Å². The number of rotatable bonds is 3. The van der Waals surface area contributed by atoms with E-state index in [1.54, 1.807) is 6.92 Å². The van der Waals surface area contributed by atoms with Gasteiger partial charge in [0, 0.05) is 0 Å². The van der Waals surface area contributed by atoms with Gasteiger partial charge in [-0.25, -0.2) is 4.79 Å². The highest BCUT2D eigenvalue weighted by atomic mass is 19.4. The summed E-state index contributed by atoms with van der Waals surface area (Å²) in [6, 6.07) is 3.13. The first-order chi connectivity index (χ1) is 7.49. The third-order valence-electron chi connectivity index (χ3n) is 1.74. The zero-order chi connectivity index (χ0) is 12.2. The number of aliphatic imine (C=N–C) groups is 1. The van der Waals surface area contributed by atoms with Crippen LogP contribution < -0.4 is 4.74 Å². The molecule has 16 heavy (non-hydrogen) atoms. The number of ether oxygens (including phenoxy) is 1. The summed E-state index contributed by atoms with van der Waals surface area (Å²) >= 11 is 0. The van der Waals surface area contributed by atoms with Crippen molar-refractivity contribution < 1.29 is 22.7 Å². The quantitative estimate of drug-likeness (QED) is 0.592. The van der Waals surface area contributed by atoms with E-state index in [0.29, 0.717) is 0 Å². The Hall–Kier alpha value is -1.81. The maximum absolute atomic E-state index is 12.6. The summed E-state index contributed by atoms with van der Waals surface area (Å²) in [5.74, 6) is -0.278. The highest BCUT2D eigenvalue weighted by Gasteiger charge is 2.34. The third-order valence-corrected chi connectivity index (χ3v) is 1.74. The Bertz CT molecular complexity index is 423. The summed E-state index contributed by atoms with van der Waals surface area (Å²) in [5, 5.41) is 0. The van der Waals surface area contributed by atoms with Crippen LogP contribution in [0.3, 0.4) is 0 Å². The third kappa shape index (κ3) is 2.84. The molecule has 0 saturated carbocycles. The molecule has 0 heterocycles. The van der Waals surface area contributed by atoms with Gasteiger partial charge in [-0.1, -0.05) is 0 Å². The van der Waals surface area contributed by atoms with E-state index >= 15 is 0 Å². The van der Waals surface area contributed by atoms with Crippen molar-refractivity contribution in [2.24, 2.45) is 4.99 Å². The van der Waals surface area contributed by atoms with Crippen LogP contribution in [0.1, 0.15) is 12.5 Å². The zero-order valence-corrected chi connectivity index (χ0v) is 8.34. The predicted octanol–water partition coefficient (Wildman–Crippen LogP) is 3.07. The second kappa shape index (κ2) is 4.81. The van der Waals surface area contributed by atoms with Gasteiger partial charge in [-0.05, 0) is 25.1 Å². The molecule has 86 valence electrons. The van der Waals surface area contributed by atoms with Crippen molar-refractivity contribution in [3.63, 3.8) is 0 Å². The maximum Gasteiger partial charge on any atom is 0.420 e. The molecule has 0 aliphatic heterocycles. The van der Waals surface area contributed by atoms with Crippen molar-refractivity contribution in [1.29, 1.82) is 0 Å². The van der Waals surface area contributed by atoms with Gasteiger partial charge in [0.15, 0.2) is 0 Å². The number of isocyanates is 1. The summed E-state index contributed by atoms with van der Waals surface area (Å²) in [7, 11) is 0. The molecule has 0 unspecified atom stereocenters. The first kappa shape index (κ1) is 12.3. The second-order valence-electron chi connectivity index (χ2n) is 2.81. The van der Waals surface area contributed by atoms with Crippen molar-refractivity contribution >= 4 is 11.8 Å². The van der Waals surface area contributed by atoms with Crippen LogP contribution in [-0.4, -0.2) is 12.7 Å². The molecule has 0 fully saturated rings. The van der Waals surface area contributed by atoms with Crippen LogP contribution in [0.4, 0.5) is 18.9 Å². The lowest BCUT2D eigenvalue weighted by Gasteiger charge is -2.12. The number of halogens is 3. The van der Waals surface area contributed by atoms with Crippen LogP contribution in [0.2, 0.25) is 0 Å². The van der Waals surface area contributed by atoms with E-state index < -0.39 is 11.7 Å². The van der Waals surface area contributed by atoms with E-state index in [2.05, 4.69) is 4.99 Å². The van der Waals surface area contributed by atoms with Gasteiger partial charge in [0.2, 0.25) is 6.08 Å². The van der Waals surface area contributed by atoms with Gasteiger partial charge < -0.3 is 4.74 Å². The van der Waals surface area contributed by atoms with Gasteiger partial charge in [-0.3, -0.25) is 0 Å². The summed E-state index contributed by atoms with van der Waals surface area (Å²) in [6.07, 6.45) is -3.36. The van der Waals surface area contributed by atoms with E-state index in [-0.39, 0.29) is 18.0 Å². The Labute approximate surface area is 89.6 Å². The fraction of sp³-hybridized carbons (Fsp3) is 0.300. The van der Waals surface area contributed by atoms with Crippen molar-refractivity contribution in [2.75, 3.05) is 6.61 Å². The Balaban J connectivity index is 3.26. The molecule has 0 N–H and O–H groups in total. The lowest BCUT2D eigenvalue weighted by atomic mass is 10.1. The number of hydrogen-bond donors (Lipinski definition) is 0. The normalized spacial score (nSPS) is 10.8. The largest absolute Gasteiger partial charge is 0.493 e. The van der Waals surface area contributed by atoms with Crippen molar-refractivity contribution in [1.82, 2.24) is 0 Å². The number of nitrogens with zero attached hydrogens (tertiary/aromatic N) is 1. The predicted molar refractivity (Wildman–Crippen MR) is 50.4 cm³/mol. The molecule has 0 aliphatic carbocycles. The molecule has 0 saturated heterocycles. The maximum atomic E-state index is 12.6. The van der Waals surface area contributed by atoms with E-state index in [9.17, 15) is 18.0 Å². The van der Waals surface area contributed by atoms with Crippen LogP contribution in [0.5, 0.6) is 5.75 Å². The molecule has 1 rings (SSSR count). The van der Waals surface area contributed by atoms with Crippen LogP contribution >= 0.6 is 0 Å². The van der Waals surface area contributed by atoms with Crippen molar-refractivity contribution in [2.45, 2.75) is 13.1 Å². The number of carbonyl (C=O) groups excluding carboxylic acids is 1. The lowest BCUT2D eigenvalue weighted by Crippen LogP contribution is -2.08. The Morgan fingerprint density at radius 1 is 1.44 bits per heavy atom. The Morgan fingerprint density at radius 2 is 2.12 bits per heavy atom. The molecule has 0 amide bonds. The monoisotopic (exact) mass is 231 g/mol. The highest BCUT2D eigenvalue weighted by molar-refractivity contribution is 5.54. The van der Waals surface area contributed by atoms with E-state index in [1.807, 2.05) is 0 Å². The Morgan fingerprint density at radius 3 is 2.62 bits per heavy atom. The van der Waals surface area contributed by atoms with Crippen molar-refractivity contribution in [3.05, 3.63) is 23.8 Å². The molecule has 0 aromatic heterocycles. The summed E-state index contributed by atoms with van der Waals surface area (Å²) < 4.78 is 42.6. The molecule has 6 heteroatoms. The minimum Gasteiger partial charge on any atom is -0.493 e. The fourth-order valence-corrected chi connectivity index (χ4v) is 1.14. The average molecular weight is 231 g/mol. The fourth-order valence-electron chi connectivity index (χ4n) is 1.14. The smallest absolute Gasteiger partial charge is 0.420 e. The second-order valence-corrected chi connectivity index (χ2v) is 2.81. The molecule has 0 bridgehead atoms. The van der Waals surface area contributed by atoms with Gasteiger partial charge in [0.05, 0.1) is 17.9 Å². The molecular weight excluding hydrogens is 223 g/mol. The van der Waals surface area contributed by atoms with E-state index in [0.717, 1.165) is 12.1 Å². The Kier molecular flexibility index (Phi) is 3.68. The molecular formula is C10H8F3NO2. The molecule has 0 atom stereocenters. The standard InChI is InChI=1S/C10H8F3NO2/c1-2-16-9-4-3-7(14-6-15)5-8(9)10(11,12)13/h3-5H,2H2,1H3. The minimum atomic E-state index is -4.54. The number of alkyl halides is 3. The zero-order valence-electron chi connectivity index (χ0n) is 8.34. The minimum absolute atomic E-state index is 0.106. The first-order valence-corrected chi connectivity index (χ1v) is 4.41. The molecule has 3 nitrogen and oxygen atoms in total. The average Bonchev–Trinajstić information content (AvgIpc) is 2.19. The van der Waals surface area contributed by atoms with Crippen LogP contribution in [-0.2, 0) is 11.0 Å². The molecule has 1 aromatic carbocycles. The first-order valence-electron chi connectivity index (χ1n) is 4.41. The lowest BCUT2D eigenvalue weighted by molar-refractivity contribution is -0.138. The van der Waals surface area contributed by atoms with Gasteiger partial charge in [-0.2, -0.15) is 18.2 Å². The molecule has 0 spiro atoms. The highest BCUT2D eigenvalue weighted by Crippen LogP contribution is 2.38. The van der Waals surface area contributed by atoms with Crippen LogP contribution in [0.25, 0.3) is 0 Å². The number of hydrogen-bond acceptors (Lipinski definition) is 3. The van der Waals surface area contributed by atoms with E-state index in [1.165, 1.54) is 12.1 Å². The number of benzene rings is 1.